The average molecular weight is 452 g/mol. The maximum Gasteiger partial charge on any atom is 0.252 e. The van der Waals surface area contributed by atoms with Crippen LogP contribution in [0.3, 0.4) is 0 Å². The Bertz CT molecular complexity index is 1060. The fourth-order valence-electron chi connectivity index (χ4n) is 5.12. The lowest BCUT2D eigenvalue weighted by Gasteiger charge is -2.35. The van der Waals surface area contributed by atoms with Gasteiger partial charge in [0.05, 0.1) is 5.54 Å². The Hall–Kier alpha value is -3.22. The van der Waals surface area contributed by atoms with Gasteiger partial charge in [-0.05, 0) is 56.5 Å². The normalized spacial score (nSPS) is 23.2. The summed E-state index contributed by atoms with van der Waals surface area (Å²) in [6, 6.07) is 15.1. The number of benzene rings is 2. The van der Waals surface area contributed by atoms with Crippen LogP contribution in [-0.4, -0.2) is 46.8 Å². The van der Waals surface area contributed by atoms with Crippen LogP contribution in [-0.2, 0) is 9.59 Å². The summed E-state index contributed by atoms with van der Waals surface area (Å²) >= 11 is 0. The van der Waals surface area contributed by atoms with Gasteiger partial charge >= 0.3 is 0 Å². The molecular formula is C26H30FN3O3. The Balaban J connectivity index is 1.60. The molecule has 1 spiro atoms. The second-order valence-electron chi connectivity index (χ2n) is 9.65. The molecule has 7 heteroatoms. The van der Waals surface area contributed by atoms with Gasteiger partial charge in [0.15, 0.2) is 0 Å². The van der Waals surface area contributed by atoms with Crippen LogP contribution in [0.1, 0.15) is 61.4 Å². The molecule has 0 aromatic heterocycles. The van der Waals surface area contributed by atoms with Crippen molar-refractivity contribution in [2.24, 2.45) is 0 Å². The molecule has 2 aliphatic heterocycles. The van der Waals surface area contributed by atoms with Crippen molar-refractivity contribution in [3.8, 4) is 0 Å². The Morgan fingerprint density at radius 3 is 2.61 bits per heavy atom. The van der Waals surface area contributed by atoms with Crippen molar-refractivity contribution in [3.63, 3.8) is 0 Å². The molecular weight excluding hydrogens is 421 g/mol. The fraction of sp³-hybridized carbons (Fsp3) is 0.423. The average Bonchev–Trinajstić information content (AvgIpc) is 3.04. The molecule has 2 N–H and O–H groups in total. The number of halogens is 1. The Labute approximate surface area is 193 Å². The smallest absolute Gasteiger partial charge is 0.252 e. The van der Waals surface area contributed by atoms with Gasteiger partial charge in [-0.3, -0.25) is 14.4 Å². The summed E-state index contributed by atoms with van der Waals surface area (Å²) in [7, 11) is 0. The van der Waals surface area contributed by atoms with E-state index in [0.717, 1.165) is 18.4 Å². The summed E-state index contributed by atoms with van der Waals surface area (Å²) < 4.78 is 14.1. The Kier molecular flexibility index (Phi) is 6.23. The number of amides is 3. The Morgan fingerprint density at radius 2 is 1.88 bits per heavy atom. The summed E-state index contributed by atoms with van der Waals surface area (Å²) in [5, 5.41) is 6.03. The van der Waals surface area contributed by atoms with E-state index in [4.69, 9.17) is 0 Å². The molecule has 0 saturated carbocycles. The van der Waals surface area contributed by atoms with Crippen LogP contribution in [0.25, 0.3) is 0 Å². The van der Waals surface area contributed by atoms with Crippen molar-refractivity contribution in [2.75, 3.05) is 13.1 Å². The zero-order chi connectivity index (χ0) is 23.6. The first-order valence-corrected chi connectivity index (χ1v) is 11.4. The van der Waals surface area contributed by atoms with Gasteiger partial charge in [0.1, 0.15) is 11.4 Å². The van der Waals surface area contributed by atoms with Crippen LogP contribution in [0.2, 0.25) is 0 Å². The third kappa shape index (κ3) is 4.77. The number of nitrogens with one attached hydrogen (secondary N) is 2. The first-order valence-electron chi connectivity index (χ1n) is 11.4. The maximum absolute atomic E-state index is 14.1. The highest BCUT2D eigenvalue weighted by Gasteiger charge is 2.51. The van der Waals surface area contributed by atoms with E-state index in [0.29, 0.717) is 31.5 Å². The number of hydrogen-bond acceptors (Lipinski definition) is 3. The molecule has 33 heavy (non-hydrogen) atoms. The third-order valence-electron chi connectivity index (χ3n) is 6.74. The molecule has 4 rings (SSSR count). The van der Waals surface area contributed by atoms with Crippen molar-refractivity contribution >= 4 is 17.7 Å². The molecule has 3 amide bonds. The van der Waals surface area contributed by atoms with E-state index in [1.165, 1.54) is 12.1 Å². The minimum atomic E-state index is -1.15. The molecule has 2 aromatic carbocycles. The fourth-order valence-corrected chi connectivity index (χ4v) is 5.12. The van der Waals surface area contributed by atoms with E-state index < -0.39 is 11.1 Å². The molecule has 2 aromatic rings. The number of hydrogen-bond donors (Lipinski definition) is 2. The standard InChI is InChI=1S/C26H30FN3O3/c1-25(2,29-23(32)18-9-4-3-5-10-18)24(33)30-16-21(19-11-8-12-20(27)15-19)26(17-30)14-7-6-13-22(31)28-26/h3-5,8-12,15,21H,6-7,13-14,16-17H2,1-2H3,(H,28,31)(H,29,32)/t21-,26+/m0/s1. The highest BCUT2D eigenvalue weighted by atomic mass is 19.1. The highest BCUT2D eigenvalue weighted by Crippen LogP contribution is 2.41. The number of carbonyl (C=O) groups excluding carboxylic acids is 3. The summed E-state index contributed by atoms with van der Waals surface area (Å²) in [5.74, 6) is -1.18. The first-order chi connectivity index (χ1) is 15.7. The van der Waals surface area contributed by atoms with E-state index >= 15 is 0 Å². The van der Waals surface area contributed by atoms with E-state index in [2.05, 4.69) is 10.6 Å². The van der Waals surface area contributed by atoms with Crippen molar-refractivity contribution in [2.45, 2.75) is 56.5 Å². The largest absolute Gasteiger partial charge is 0.348 e. The molecule has 0 unspecified atom stereocenters. The Morgan fingerprint density at radius 1 is 1.12 bits per heavy atom. The second kappa shape index (κ2) is 8.96. The zero-order valence-corrected chi connectivity index (χ0v) is 19.1. The summed E-state index contributed by atoms with van der Waals surface area (Å²) in [5.41, 5.74) is -0.570. The lowest BCUT2D eigenvalue weighted by atomic mass is 9.79. The van der Waals surface area contributed by atoms with Gasteiger partial charge in [-0.1, -0.05) is 36.8 Å². The topological polar surface area (TPSA) is 78.5 Å². The maximum atomic E-state index is 14.1. The molecule has 2 atom stereocenters. The van der Waals surface area contributed by atoms with Crippen LogP contribution in [0.5, 0.6) is 0 Å². The third-order valence-corrected chi connectivity index (χ3v) is 6.74. The number of carbonyl (C=O) groups is 3. The monoisotopic (exact) mass is 451 g/mol. The van der Waals surface area contributed by atoms with E-state index in [-0.39, 0.29) is 29.5 Å². The molecule has 0 radical (unpaired) electrons. The van der Waals surface area contributed by atoms with Crippen LogP contribution in [0.4, 0.5) is 4.39 Å². The predicted octanol–water partition coefficient (Wildman–Crippen LogP) is 3.39. The van der Waals surface area contributed by atoms with Gasteiger partial charge in [-0.15, -0.1) is 0 Å². The molecule has 0 bridgehead atoms. The number of likely N-dealkylation sites (tertiary alicyclic amines) is 1. The van der Waals surface area contributed by atoms with E-state index in [1.807, 2.05) is 12.1 Å². The molecule has 2 saturated heterocycles. The van der Waals surface area contributed by atoms with Gasteiger partial charge in [-0.25, -0.2) is 4.39 Å². The second-order valence-corrected chi connectivity index (χ2v) is 9.65. The quantitative estimate of drug-likeness (QED) is 0.748. The minimum Gasteiger partial charge on any atom is -0.348 e. The van der Waals surface area contributed by atoms with Gasteiger partial charge in [0, 0.05) is 31.0 Å². The molecule has 2 aliphatic rings. The number of nitrogens with zero attached hydrogens (tertiary/aromatic N) is 1. The van der Waals surface area contributed by atoms with E-state index in [9.17, 15) is 18.8 Å². The molecule has 174 valence electrons. The van der Waals surface area contributed by atoms with Crippen LogP contribution >= 0.6 is 0 Å². The van der Waals surface area contributed by atoms with Crippen molar-refractivity contribution in [1.29, 1.82) is 0 Å². The van der Waals surface area contributed by atoms with Crippen molar-refractivity contribution in [3.05, 3.63) is 71.5 Å². The van der Waals surface area contributed by atoms with Crippen molar-refractivity contribution in [1.82, 2.24) is 15.5 Å². The van der Waals surface area contributed by atoms with Gasteiger partial charge in [-0.2, -0.15) is 0 Å². The van der Waals surface area contributed by atoms with Crippen LogP contribution in [0, 0.1) is 5.82 Å². The highest BCUT2D eigenvalue weighted by molar-refractivity contribution is 5.99. The first kappa shape index (κ1) is 23.0. The van der Waals surface area contributed by atoms with E-state index in [1.54, 1.807) is 49.1 Å². The lowest BCUT2D eigenvalue weighted by Crippen LogP contribution is -2.57. The lowest BCUT2D eigenvalue weighted by molar-refractivity contribution is -0.136. The summed E-state index contributed by atoms with van der Waals surface area (Å²) in [6.07, 6.45) is 2.79. The molecule has 2 fully saturated rings. The predicted molar refractivity (Wildman–Crippen MR) is 123 cm³/mol. The SMILES string of the molecule is CC(C)(NC(=O)c1ccccc1)C(=O)N1C[C@@H](c2cccc(F)c2)[C@@]2(CCCCC(=O)N2)C1. The summed E-state index contributed by atoms with van der Waals surface area (Å²) in [4.78, 5) is 40.5. The molecule has 2 heterocycles. The minimum absolute atomic E-state index is 0.0418. The molecule has 6 nitrogen and oxygen atoms in total. The molecule has 0 aliphatic carbocycles. The van der Waals surface area contributed by atoms with Gasteiger partial charge in [0.25, 0.3) is 5.91 Å². The number of rotatable bonds is 4. The van der Waals surface area contributed by atoms with Gasteiger partial charge in [0.2, 0.25) is 11.8 Å². The van der Waals surface area contributed by atoms with Crippen LogP contribution in [0.15, 0.2) is 54.6 Å². The zero-order valence-electron chi connectivity index (χ0n) is 19.1. The van der Waals surface area contributed by atoms with Crippen molar-refractivity contribution < 1.29 is 18.8 Å². The van der Waals surface area contributed by atoms with Gasteiger partial charge < -0.3 is 15.5 Å². The summed E-state index contributed by atoms with van der Waals surface area (Å²) in [6.45, 7) is 4.03. The van der Waals surface area contributed by atoms with Crippen LogP contribution < -0.4 is 10.6 Å².